The Bertz CT molecular complexity index is 2210. The van der Waals surface area contributed by atoms with Crippen LogP contribution in [-0.2, 0) is 10.8 Å². The lowest BCUT2D eigenvalue weighted by atomic mass is 9.55. The molecule has 0 bridgehead atoms. The van der Waals surface area contributed by atoms with Gasteiger partial charge in [-0.15, -0.1) is 0 Å². The van der Waals surface area contributed by atoms with E-state index in [1.807, 2.05) is 0 Å². The van der Waals surface area contributed by atoms with Crippen LogP contribution in [0.2, 0.25) is 0 Å². The topological polar surface area (TPSA) is 25.8 Å². The van der Waals surface area contributed by atoms with Crippen LogP contribution >= 0.6 is 0 Å². The van der Waals surface area contributed by atoms with Gasteiger partial charge in [0, 0.05) is 16.5 Å². The number of rotatable bonds is 3. The predicted octanol–water partition coefficient (Wildman–Crippen LogP) is 11.0. The summed E-state index contributed by atoms with van der Waals surface area (Å²) in [4.78, 5) is 10.7. The van der Waals surface area contributed by atoms with Crippen LogP contribution in [0.5, 0.6) is 0 Å². The SMILES string of the molecule is CC1(C)c2ccc(-c3ccccc3)cc2-c2cc(-c3nc4c(ccc5ccccc54)nc3-c3ccccc3)ccc2C1(C)C. The van der Waals surface area contributed by atoms with E-state index in [2.05, 4.69) is 161 Å². The Kier molecular flexibility index (Phi) is 5.86. The molecule has 1 aromatic heterocycles. The van der Waals surface area contributed by atoms with Gasteiger partial charge in [0.1, 0.15) is 0 Å². The van der Waals surface area contributed by atoms with Crippen molar-refractivity contribution in [3.05, 3.63) is 145 Å². The van der Waals surface area contributed by atoms with Crippen molar-refractivity contribution in [3.8, 4) is 44.8 Å². The molecule has 0 unspecified atom stereocenters. The molecular formula is C42H34N2. The highest BCUT2D eigenvalue weighted by atomic mass is 14.8. The van der Waals surface area contributed by atoms with Crippen LogP contribution < -0.4 is 0 Å². The monoisotopic (exact) mass is 566 g/mol. The van der Waals surface area contributed by atoms with Crippen molar-refractivity contribution in [1.82, 2.24) is 9.97 Å². The fourth-order valence-electron chi connectivity index (χ4n) is 7.04. The molecule has 6 aromatic carbocycles. The maximum absolute atomic E-state index is 5.42. The second kappa shape index (κ2) is 9.72. The highest BCUT2D eigenvalue weighted by Crippen LogP contribution is 2.55. The van der Waals surface area contributed by atoms with Gasteiger partial charge in [-0.05, 0) is 67.8 Å². The van der Waals surface area contributed by atoms with Gasteiger partial charge in [0.15, 0.2) is 0 Å². The van der Waals surface area contributed by atoms with Crippen molar-refractivity contribution in [3.63, 3.8) is 0 Å². The van der Waals surface area contributed by atoms with Gasteiger partial charge in [-0.1, -0.05) is 143 Å². The van der Waals surface area contributed by atoms with Crippen LogP contribution in [0.25, 0.3) is 66.6 Å². The molecule has 0 aliphatic heterocycles. The van der Waals surface area contributed by atoms with E-state index in [9.17, 15) is 0 Å². The summed E-state index contributed by atoms with van der Waals surface area (Å²) in [6.07, 6.45) is 0. The summed E-state index contributed by atoms with van der Waals surface area (Å²) in [5.41, 5.74) is 13.5. The van der Waals surface area contributed by atoms with Gasteiger partial charge in [-0.2, -0.15) is 0 Å². The third-order valence-corrected chi connectivity index (χ3v) is 10.2. The summed E-state index contributed by atoms with van der Waals surface area (Å²) in [6, 6.07) is 47.8. The Balaban J connectivity index is 1.41. The number of aromatic nitrogens is 2. The summed E-state index contributed by atoms with van der Waals surface area (Å²) in [5, 5.41) is 2.29. The van der Waals surface area contributed by atoms with E-state index in [1.54, 1.807) is 0 Å². The lowest BCUT2D eigenvalue weighted by Crippen LogP contribution is -2.43. The molecule has 1 heterocycles. The molecule has 44 heavy (non-hydrogen) atoms. The first-order valence-corrected chi connectivity index (χ1v) is 15.4. The zero-order chi connectivity index (χ0) is 30.1. The van der Waals surface area contributed by atoms with E-state index < -0.39 is 0 Å². The van der Waals surface area contributed by atoms with E-state index >= 15 is 0 Å². The van der Waals surface area contributed by atoms with Crippen molar-refractivity contribution in [2.75, 3.05) is 0 Å². The van der Waals surface area contributed by atoms with E-state index in [0.29, 0.717) is 0 Å². The van der Waals surface area contributed by atoms with Crippen molar-refractivity contribution < 1.29 is 0 Å². The average molecular weight is 567 g/mol. The summed E-state index contributed by atoms with van der Waals surface area (Å²) in [6.45, 7) is 9.55. The van der Waals surface area contributed by atoms with Gasteiger partial charge < -0.3 is 0 Å². The number of nitrogens with zero attached hydrogens (tertiary/aromatic N) is 2. The van der Waals surface area contributed by atoms with Crippen molar-refractivity contribution in [2.45, 2.75) is 38.5 Å². The van der Waals surface area contributed by atoms with Crippen molar-refractivity contribution >= 4 is 21.8 Å². The summed E-state index contributed by atoms with van der Waals surface area (Å²) >= 11 is 0. The highest BCUT2D eigenvalue weighted by Gasteiger charge is 2.46. The van der Waals surface area contributed by atoms with E-state index in [0.717, 1.165) is 38.9 Å². The van der Waals surface area contributed by atoms with Crippen LogP contribution in [-0.4, -0.2) is 9.97 Å². The number of hydrogen-bond donors (Lipinski definition) is 0. The van der Waals surface area contributed by atoms with Gasteiger partial charge in [-0.25, -0.2) is 9.97 Å². The molecule has 1 aliphatic rings. The predicted molar refractivity (Wildman–Crippen MR) is 185 cm³/mol. The summed E-state index contributed by atoms with van der Waals surface area (Å²) in [7, 11) is 0. The number of fused-ring (bicyclic) bond motifs is 6. The molecule has 0 fully saturated rings. The second-order valence-corrected chi connectivity index (χ2v) is 13.1. The van der Waals surface area contributed by atoms with Crippen LogP contribution in [0.4, 0.5) is 0 Å². The van der Waals surface area contributed by atoms with Gasteiger partial charge in [0.25, 0.3) is 0 Å². The molecule has 0 spiro atoms. The quantitative estimate of drug-likeness (QED) is 0.199. The minimum atomic E-state index is -0.0738. The largest absolute Gasteiger partial charge is 0.244 e. The Morgan fingerprint density at radius 1 is 0.432 bits per heavy atom. The second-order valence-electron chi connectivity index (χ2n) is 13.1. The summed E-state index contributed by atoms with van der Waals surface area (Å²) < 4.78 is 0. The molecule has 0 saturated heterocycles. The summed E-state index contributed by atoms with van der Waals surface area (Å²) in [5.74, 6) is 0. The molecule has 7 aromatic rings. The average Bonchev–Trinajstić information content (AvgIpc) is 3.07. The third-order valence-electron chi connectivity index (χ3n) is 10.2. The molecule has 1 aliphatic carbocycles. The van der Waals surface area contributed by atoms with Gasteiger partial charge in [0.05, 0.1) is 22.4 Å². The van der Waals surface area contributed by atoms with Gasteiger partial charge in [-0.3, -0.25) is 0 Å². The minimum Gasteiger partial charge on any atom is -0.244 e. The molecule has 0 atom stereocenters. The van der Waals surface area contributed by atoms with Crippen molar-refractivity contribution in [2.24, 2.45) is 0 Å². The maximum atomic E-state index is 5.42. The van der Waals surface area contributed by atoms with Crippen LogP contribution in [0, 0.1) is 0 Å². The number of hydrogen-bond acceptors (Lipinski definition) is 2. The van der Waals surface area contributed by atoms with Gasteiger partial charge in [0.2, 0.25) is 0 Å². The van der Waals surface area contributed by atoms with Crippen LogP contribution in [0.3, 0.4) is 0 Å². The first-order chi connectivity index (χ1) is 21.3. The Morgan fingerprint density at radius 3 is 1.66 bits per heavy atom. The number of benzene rings is 6. The molecule has 0 radical (unpaired) electrons. The highest BCUT2D eigenvalue weighted by molar-refractivity contribution is 6.05. The lowest BCUT2D eigenvalue weighted by Gasteiger charge is -2.48. The maximum Gasteiger partial charge on any atom is 0.0973 e. The lowest BCUT2D eigenvalue weighted by molar-refractivity contribution is 0.299. The molecular weight excluding hydrogens is 532 g/mol. The van der Waals surface area contributed by atoms with Gasteiger partial charge >= 0.3 is 0 Å². The third kappa shape index (κ3) is 3.94. The first-order valence-electron chi connectivity index (χ1n) is 15.4. The van der Waals surface area contributed by atoms with E-state index in [4.69, 9.17) is 9.97 Å². The first kappa shape index (κ1) is 26.5. The molecule has 2 nitrogen and oxygen atoms in total. The normalized spacial score (nSPS) is 14.7. The van der Waals surface area contributed by atoms with Crippen molar-refractivity contribution in [1.29, 1.82) is 0 Å². The zero-order valence-electron chi connectivity index (χ0n) is 25.6. The molecule has 0 saturated carbocycles. The van der Waals surface area contributed by atoms with Crippen LogP contribution in [0.15, 0.2) is 133 Å². The van der Waals surface area contributed by atoms with E-state index in [-0.39, 0.29) is 10.8 Å². The molecule has 8 rings (SSSR count). The fourth-order valence-corrected chi connectivity index (χ4v) is 7.04. The zero-order valence-corrected chi connectivity index (χ0v) is 25.6. The Hall–Kier alpha value is -5.08. The minimum absolute atomic E-state index is 0.0526. The van der Waals surface area contributed by atoms with E-state index in [1.165, 1.54) is 38.8 Å². The van der Waals surface area contributed by atoms with Crippen LogP contribution in [0.1, 0.15) is 38.8 Å². The molecule has 2 heteroatoms. The molecule has 0 N–H and O–H groups in total. The molecule has 0 amide bonds. The Morgan fingerprint density at radius 2 is 0.977 bits per heavy atom. The Labute approximate surface area is 259 Å². The standard InChI is InChI=1S/C42H34N2/c1-41(2)35-22-19-30(27-13-7-5-8-14-27)25-33(35)34-26-31(20-23-36(34)42(41,3)4)39-38(29-16-9-6-10-17-29)43-37-24-21-28-15-11-12-18-32(28)40(37)44-39/h5-26H,1-4H3. The fraction of sp³-hybridized carbons (Fsp3) is 0.143. The smallest absolute Gasteiger partial charge is 0.0973 e. The molecule has 212 valence electrons.